The van der Waals surface area contributed by atoms with E-state index in [4.69, 9.17) is 9.47 Å². The van der Waals surface area contributed by atoms with Crippen LogP contribution in [0.3, 0.4) is 0 Å². The Morgan fingerprint density at radius 1 is 1.11 bits per heavy atom. The third-order valence-electron chi connectivity index (χ3n) is 3.96. The van der Waals surface area contributed by atoms with Gasteiger partial charge in [0.1, 0.15) is 18.2 Å². The van der Waals surface area contributed by atoms with Crippen LogP contribution in [-0.2, 0) is 34.1 Å². The zero-order chi connectivity index (χ0) is 20.7. The van der Waals surface area contributed by atoms with Crippen LogP contribution in [0.25, 0.3) is 0 Å². The van der Waals surface area contributed by atoms with Gasteiger partial charge in [-0.3, -0.25) is 4.79 Å². The molecule has 28 heavy (non-hydrogen) atoms. The smallest absolute Gasteiger partial charge is 0.416 e. The van der Waals surface area contributed by atoms with Crippen LogP contribution in [0.5, 0.6) is 5.75 Å². The number of ether oxygens (including phenoxy) is 2. The molecule has 0 atom stereocenters. The van der Waals surface area contributed by atoms with Crippen molar-refractivity contribution in [1.82, 2.24) is 0 Å². The van der Waals surface area contributed by atoms with Crippen molar-refractivity contribution < 1.29 is 31.8 Å². The standard InChI is InChI=1S/C20H19BrF4O3/c1-2-27-19(26)8-6-14-5-7-16(10-18(14)22)28-12-15-4-3-13(11-21)9-17(15)20(23,24)25/h3-5,7,9-10H,2,6,8,11-12H2,1H3. The third-order valence-corrected chi connectivity index (χ3v) is 4.60. The molecule has 0 heterocycles. The van der Waals surface area contributed by atoms with Crippen LogP contribution in [-0.4, -0.2) is 12.6 Å². The van der Waals surface area contributed by atoms with Crippen molar-refractivity contribution >= 4 is 21.9 Å². The molecule has 0 aromatic heterocycles. The Morgan fingerprint density at radius 2 is 1.82 bits per heavy atom. The number of hydrogen-bond donors (Lipinski definition) is 0. The highest BCUT2D eigenvalue weighted by molar-refractivity contribution is 9.08. The predicted molar refractivity (Wildman–Crippen MR) is 99.8 cm³/mol. The minimum Gasteiger partial charge on any atom is -0.489 e. The summed E-state index contributed by atoms with van der Waals surface area (Å²) in [6, 6.07) is 7.99. The van der Waals surface area contributed by atoms with Gasteiger partial charge >= 0.3 is 12.1 Å². The minimum atomic E-state index is -4.51. The van der Waals surface area contributed by atoms with E-state index in [1.807, 2.05) is 0 Å². The van der Waals surface area contributed by atoms with E-state index in [9.17, 15) is 22.4 Å². The second-order valence-electron chi connectivity index (χ2n) is 5.97. The molecule has 0 fully saturated rings. The number of alkyl halides is 4. The van der Waals surface area contributed by atoms with Gasteiger partial charge in [0, 0.05) is 23.4 Å². The van der Waals surface area contributed by atoms with Crippen LogP contribution < -0.4 is 4.74 Å². The summed E-state index contributed by atoms with van der Waals surface area (Å²) in [7, 11) is 0. The van der Waals surface area contributed by atoms with Crippen molar-refractivity contribution in [3.8, 4) is 5.75 Å². The molecule has 3 nitrogen and oxygen atoms in total. The maximum Gasteiger partial charge on any atom is 0.416 e. The summed E-state index contributed by atoms with van der Waals surface area (Å²) in [4.78, 5) is 11.3. The number of carbonyl (C=O) groups excluding carboxylic acids is 1. The quantitative estimate of drug-likeness (QED) is 0.282. The molecule has 0 saturated heterocycles. The van der Waals surface area contributed by atoms with E-state index in [0.717, 1.165) is 12.1 Å². The molecular formula is C20H19BrF4O3. The average Bonchev–Trinajstić information content (AvgIpc) is 2.65. The Balaban J connectivity index is 2.07. The second-order valence-corrected chi connectivity index (χ2v) is 6.53. The number of aryl methyl sites for hydroxylation is 1. The summed E-state index contributed by atoms with van der Waals surface area (Å²) in [5.41, 5.74) is -0.0221. The van der Waals surface area contributed by atoms with E-state index < -0.39 is 23.5 Å². The highest BCUT2D eigenvalue weighted by atomic mass is 79.9. The summed E-state index contributed by atoms with van der Waals surface area (Å²) in [5.74, 6) is -0.906. The molecule has 0 spiro atoms. The summed E-state index contributed by atoms with van der Waals surface area (Å²) in [6.07, 6.45) is -4.31. The topological polar surface area (TPSA) is 35.5 Å². The Morgan fingerprint density at radius 3 is 2.43 bits per heavy atom. The molecule has 0 unspecified atom stereocenters. The van der Waals surface area contributed by atoms with E-state index in [0.29, 0.717) is 16.5 Å². The second kappa shape index (κ2) is 9.91. The van der Waals surface area contributed by atoms with Crippen LogP contribution >= 0.6 is 15.9 Å². The summed E-state index contributed by atoms with van der Waals surface area (Å²) < 4.78 is 64.0. The molecule has 0 amide bonds. The first-order valence-corrected chi connectivity index (χ1v) is 9.68. The summed E-state index contributed by atoms with van der Waals surface area (Å²) in [5, 5.41) is 0.301. The monoisotopic (exact) mass is 462 g/mol. The van der Waals surface area contributed by atoms with Crippen molar-refractivity contribution in [3.05, 3.63) is 64.5 Å². The largest absolute Gasteiger partial charge is 0.489 e. The fourth-order valence-corrected chi connectivity index (χ4v) is 2.90. The molecule has 0 saturated carbocycles. The van der Waals surface area contributed by atoms with Crippen molar-refractivity contribution in [2.45, 2.75) is 37.9 Å². The lowest BCUT2D eigenvalue weighted by Crippen LogP contribution is -2.11. The highest BCUT2D eigenvalue weighted by Crippen LogP contribution is 2.33. The SMILES string of the molecule is CCOC(=O)CCc1ccc(OCc2ccc(CBr)cc2C(F)(F)F)cc1F. The molecule has 8 heteroatoms. The Kier molecular flexibility index (Phi) is 7.86. The summed E-state index contributed by atoms with van der Waals surface area (Å²) >= 11 is 3.13. The van der Waals surface area contributed by atoms with Gasteiger partial charge in [-0.05, 0) is 36.6 Å². The van der Waals surface area contributed by atoms with Crippen LogP contribution in [0.4, 0.5) is 17.6 Å². The number of rotatable bonds is 8. The zero-order valence-electron chi connectivity index (χ0n) is 15.1. The van der Waals surface area contributed by atoms with E-state index in [1.165, 1.54) is 18.2 Å². The van der Waals surface area contributed by atoms with E-state index in [2.05, 4.69) is 15.9 Å². The maximum atomic E-state index is 14.2. The van der Waals surface area contributed by atoms with Crippen LogP contribution in [0, 0.1) is 5.82 Å². The van der Waals surface area contributed by atoms with Gasteiger partial charge in [0.2, 0.25) is 0 Å². The number of esters is 1. The highest BCUT2D eigenvalue weighted by Gasteiger charge is 2.33. The Bertz CT molecular complexity index is 822. The molecule has 0 radical (unpaired) electrons. The molecule has 0 bridgehead atoms. The molecule has 0 aliphatic heterocycles. The minimum absolute atomic E-state index is 0.0380. The van der Waals surface area contributed by atoms with Gasteiger partial charge in [0.25, 0.3) is 0 Å². The lowest BCUT2D eigenvalue weighted by Gasteiger charge is -2.15. The predicted octanol–water partition coefficient (Wildman–Crippen LogP) is 5.81. The molecule has 2 rings (SSSR count). The zero-order valence-corrected chi connectivity index (χ0v) is 16.7. The molecule has 152 valence electrons. The van der Waals surface area contributed by atoms with E-state index >= 15 is 0 Å². The van der Waals surface area contributed by atoms with Gasteiger partial charge in [0.15, 0.2) is 0 Å². The Hall–Kier alpha value is -2.09. The van der Waals surface area contributed by atoms with Crippen molar-refractivity contribution in [1.29, 1.82) is 0 Å². The normalized spacial score (nSPS) is 11.4. The van der Waals surface area contributed by atoms with Crippen molar-refractivity contribution in [3.63, 3.8) is 0 Å². The third kappa shape index (κ3) is 6.22. The molecular weight excluding hydrogens is 444 g/mol. The van der Waals surface area contributed by atoms with E-state index in [1.54, 1.807) is 13.0 Å². The van der Waals surface area contributed by atoms with Gasteiger partial charge < -0.3 is 9.47 Å². The molecule has 2 aromatic rings. The van der Waals surface area contributed by atoms with Gasteiger partial charge in [-0.25, -0.2) is 4.39 Å². The van der Waals surface area contributed by atoms with Crippen molar-refractivity contribution in [2.24, 2.45) is 0 Å². The molecule has 0 aliphatic carbocycles. The van der Waals surface area contributed by atoms with Crippen LogP contribution in [0.2, 0.25) is 0 Å². The van der Waals surface area contributed by atoms with Crippen molar-refractivity contribution in [2.75, 3.05) is 6.61 Å². The van der Waals surface area contributed by atoms with Crippen LogP contribution in [0.1, 0.15) is 35.6 Å². The average molecular weight is 463 g/mol. The lowest BCUT2D eigenvalue weighted by molar-refractivity contribution is -0.143. The number of carbonyl (C=O) groups is 1. The fourth-order valence-electron chi connectivity index (χ4n) is 2.55. The molecule has 2 aromatic carbocycles. The first kappa shape index (κ1) is 22.2. The lowest BCUT2D eigenvalue weighted by atomic mass is 10.0. The van der Waals surface area contributed by atoms with E-state index in [-0.39, 0.29) is 37.4 Å². The molecule has 0 aliphatic rings. The number of benzene rings is 2. The first-order chi connectivity index (χ1) is 13.2. The fraction of sp³-hybridized carbons (Fsp3) is 0.350. The first-order valence-electron chi connectivity index (χ1n) is 8.56. The molecule has 0 N–H and O–H groups in total. The number of halogens is 5. The van der Waals surface area contributed by atoms with Gasteiger partial charge in [-0.1, -0.05) is 34.1 Å². The van der Waals surface area contributed by atoms with Crippen LogP contribution in [0.15, 0.2) is 36.4 Å². The Labute approximate surface area is 168 Å². The maximum absolute atomic E-state index is 14.2. The van der Waals surface area contributed by atoms with Gasteiger partial charge in [-0.2, -0.15) is 13.2 Å². The summed E-state index contributed by atoms with van der Waals surface area (Å²) in [6.45, 7) is 1.59. The van der Waals surface area contributed by atoms with Gasteiger partial charge in [-0.15, -0.1) is 0 Å². The van der Waals surface area contributed by atoms with Gasteiger partial charge in [0.05, 0.1) is 12.2 Å². The number of hydrogen-bond acceptors (Lipinski definition) is 3.